The van der Waals surface area contributed by atoms with Crippen LogP contribution in [0.5, 0.6) is 0 Å². The molecule has 0 saturated carbocycles. The van der Waals surface area contributed by atoms with Gasteiger partial charge in [0, 0.05) is 24.2 Å². The molecule has 0 fully saturated rings. The van der Waals surface area contributed by atoms with E-state index in [4.69, 9.17) is 19.9 Å². The molecule has 25 heavy (non-hydrogen) atoms. The van der Waals surface area contributed by atoms with E-state index in [-0.39, 0.29) is 29.7 Å². The summed E-state index contributed by atoms with van der Waals surface area (Å²) in [5.74, 6) is -0.382. The topological polar surface area (TPSA) is 117 Å². The number of benzene rings is 1. The fraction of sp³-hybridized carbons (Fsp3) is 0.562. The maximum atomic E-state index is 12.5. The van der Waals surface area contributed by atoms with Crippen LogP contribution in [0, 0.1) is 0 Å². The molecule has 0 radical (unpaired) electrons. The van der Waals surface area contributed by atoms with E-state index in [0.717, 1.165) is 0 Å². The highest BCUT2D eigenvalue weighted by molar-refractivity contribution is 7.91. The Balaban J connectivity index is 1.70. The Labute approximate surface area is 147 Å². The number of hydrogen-bond acceptors (Lipinski definition) is 7. The molecule has 2 rings (SSSR count). The average Bonchev–Trinajstić information content (AvgIpc) is 2.98. The van der Waals surface area contributed by atoms with Crippen LogP contribution >= 0.6 is 0 Å². The van der Waals surface area contributed by atoms with Gasteiger partial charge in [-0.15, -0.1) is 0 Å². The Hall–Kier alpha value is -1.52. The van der Waals surface area contributed by atoms with Crippen LogP contribution < -0.4 is 11.1 Å². The second kappa shape index (κ2) is 9.83. The molecule has 1 aliphatic rings. The van der Waals surface area contributed by atoms with Crippen LogP contribution in [0.3, 0.4) is 0 Å². The Kier molecular flexibility index (Phi) is 7.79. The number of amides is 1. The summed E-state index contributed by atoms with van der Waals surface area (Å²) in [7, 11) is -3.51. The normalized spacial score (nSPS) is 13.7. The molecule has 1 amide bonds. The molecule has 140 valence electrons. The van der Waals surface area contributed by atoms with E-state index in [9.17, 15) is 13.2 Å². The Morgan fingerprint density at radius 2 is 1.64 bits per heavy atom. The van der Waals surface area contributed by atoms with Crippen molar-refractivity contribution >= 4 is 15.7 Å². The molecule has 0 spiro atoms. The van der Waals surface area contributed by atoms with Gasteiger partial charge in [-0.2, -0.15) is 0 Å². The number of rotatable bonds is 12. The van der Waals surface area contributed by atoms with Crippen molar-refractivity contribution in [1.29, 1.82) is 0 Å². The first-order valence-electron chi connectivity index (χ1n) is 8.12. The molecule has 1 aliphatic heterocycles. The van der Waals surface area contributed by atoms with Crippen LogP contribution in [0.15, 0.2) is 23.1 Å². The van der Waals surface area contributed by atoms with E-state index in [0.29, 0.717) is 50.7 Å². The minimum absolute atomic E-state index is 0.0699. The van der Waals surface area contributed by atoms with Crippen LogP contribution in [-0.4, -0.2) is 66.3 Å². The van der Waals surface area contributed by atoms with Gasteiger partial charge in [-0.3, -0.25) is 4.79 Å². The van der Waals surface area contributed by atoms with E-state index in [1.54, 1.807) is 12.1 Å². The highest BCUT2D eigenvalue weighted by atomic mass is 32.2. The van der Waals surface area contributed by atoms with Crippen molar-refractivity contribution in [3.05, 3.63) is 29.3 Å². The van der Waals surface area contributed by atoms with Crippen LogP contribution in [0.25, 0.3) is 0 Å². The number of ether oxygens (including phenoxy) is 3. The van der Waals surface area contributed by atoms with Crippen LogP contribution in [0.4, 0.5) is 0 Å². The summed E-state index contributed by atoms with van der Waals surface area (Å²) in [6, 6.07) is 4.73. The lowest BCUT2D eigenvalue weighted by molar-refractivity contribution is 0.0188. The maximum Gasteiger partial charge on any atom is 0.251 e. The van der Waals surface area contributed by atoms with Gasteiger partial charge in [0.15, 0.2) is 9.84 Å². The fourth-order valence-corrected chi connectivity index (χ4v) is 3.82. The number of carbonyl (C=O) groups is 1. The summed E-state index contributed by atoms with van der Waals surface area (Å²) in [6.07, 6.45) is 0. The fourth-order valence-electron chi connectivity index (χ4n) is 2.42. The minimum Gasteiger partial charge on any atom is -0.378 e. The van der Waals surface area contributed by atoms with E-state index in [1.807, 2.05) is 0 Å². The van der Waals surface area contributed by atoms with Crippen LogP contribution in [-0.2, 0) is 30.6 Å². The maximum absolute atomic E-state index is 12.5. The number of nitrogens with two attached hydrogens (primary N) is 1. The summed E-state index contributed by atoms with van der Waals surface area (Å²) < 4.78 is 40.7. The lowest BCUT2D eigenvalue weighted by Gasteiger charge is -2.09. The van der Waals surface area contributed by atoms with Gasteiger partial charge in [-0.05, 0) is 12.1 Å². The van der Waals surface area contributed by atoms with Crippen molar-refractivity contribution < 1.29 is 27.4 Å². The third-order valence-corrected chi connectivity index (χ3v) is 5.40. The molecule has 1 heterocycles. The van der Waals surface area contributed by atoms with E-state index >= 15 is 0 Å². The Morgan fingerprint density at radius 3 is 2.32 bits per heavy atom. The third-order valence-electron chi connectivity index (χ3n) is 3.64. The van der Waals surface area contributed by atoms with Crippen molar-refractivity contribution in [3.8, 4) is 0 Å². The van der Waals surface area contributed by atoms with Gasteiger partial charge in [0.2, 0.25) is 0 Å². The van der Waals surface area contributed by atoms with Crippen molar-refractivity contribution in [2.24, 2.45) is 5.73 Å². The molecule has 0 saturated heterocycles. The number of hydrogen-bond donors (Lipinski definition) is 2. The SMILES string of the molecule is NCCOCCOCCOCCS(=O)(=O)c1cccc2c1CNC2=O. The van der Waals surface area contributed by atoms with Crippen LogP contribution in [0.1, 0.15) is 15.9 Å². The Bertz CT molecular complexity index is 677. The molecular weight excluding hydrogens is 348 g/mol. The van der Waals surface area contributed by atoms with Gasteiger partial charge >= 0.3 is 0 Å². The summed E-state index contributed by atoms with van der Waals surface area (Å²) in [5.41, 5.74) is 6.24. The van der Waals surface area contributed by atoms with Gasteiger partial charge in [0.1, 0.15) is 0 Å². The molecule has 8 nitrogen and oxygen atoms in total. The zero-order chi connectivity index (χ0) is 18.1. The molecule has 0 bridgehead atoms. The predicted molar refractivity (Wildman–Crippen MR) is 91.2 cm³/mol. The van der Waals surface area contributed by atoms with Crippen molar-refractivity contribution in [2.45, 2.75) is 11.4 Å². The first-order valence-corrected chi connectivity index (χ1v) is 9.77. The molecule has 0 aromatic heterocycles. The van der Waals surface area contributed by atoms with Crippen molar-refractivity contribution in [3.63, 3.8) is 0 Å². The largest absolute Gasteiger partial charge is 0.378 e. The molecule has 0 aliphatic carbocycles. The van der Waals surface area contributed by atoms with Gasteiger partial charge in [0.05, 0.1) is 50.3 Å². The first-order chi connectivity index (χ1) is 12.1. The van der Waals surface area contributed by atoms with E-state index in [2.05, 4.69) is 5.32 Å². The molecule has 1 aromatic carbocycles. The van der Waals surface area contributed by atoms with Crippen LogP contribution in [0.2, 0.25) is 0 Å². The smallest absolute Gasteiger partial charge is 0.251 e. The summed E-state index contributed by atoms with van der Waals surface area (Å²) in [5, 5.41) is 2.64. The minimum atomic E-state index is -3.51. The second-order valence-electron chi connectivity index (χ2n) is 5.41. The predicted octanol–water partition coefficient (Wildman–Crippen LogP) is -0.288. The Morgan fingerprint density at radius 1 is 1.00 bits per heavy atom. The highest BCUT2D eigenvalue weighted by Gasteiger charge is 2.27. The zero-order valence-electron chi connectivity index (χ0n) is 14.0. The third kappa shape index (κ3) is 5.75. The van der Waals surface area contributed by atoms with Gasteiger partial charge in [0.25, 0.3) is 5.91 Å². The highest BCUT2D eigenvalue weighted by Crippen LogP contribution is 2.24. The average molecular weight is 372 g/mol. The van der Waals surface area contributed by atoms with E-state index in [1.165, 1.54) is 6.07 Å². The molecule has 0 unspecified atom stereocenters. The molecule has 9 heteroatoms. The molecule has 3 N–H and O–H groups in total. The van der Waals surface area contributed by atoms with Gasteiger partial charge in [-0.1, -0.05) is 6.07 Å². The van der Waals surface area contributed by atoms with Gasteiger partial charge < -0.3 is 25.3 Å². The summed E-state index contributed by atoms with van der Waals surface area (Å²) >= 11 is 0. The van der Waals surface area contributed by atoms with Crippen molar-refractivity contribution in [2.75, 3.05) is 51.9 Å². The number of fused-ring (bicyclic) bond motifs is 1. The molecule has 0 atom stereocenters. The zero-order valence-corrected chi connectivity index (χ0v) is 14.8. The first kappa shape index (κ1) is 19.8. The van der Waals surface area contributed by atoms with E-state index < -0.39 is 9.84 Å². The summed E-state index contributed by atoms with van der Waals surface area (Å²) in [4.78, 5) is 11.8. The standard InChI is InChI=1S/C16H24N2O6S/c17-4-5-22-6-7-23-8-9-24-10-11-25(20,21)15-3-1-2-13-14(15)12-18-16(13)19/h1-3H,4-12,17H2,(H,18,19). The molecule has 1 aromatic rings. The number of carbonyl (C=O) groups excluding carboxylic acids is 1. The summed E-state index contributed by atoms with van der Waals surface area (Å²) in [6.45, 7) is 2.88. The van der Waals surface area contributed by atoms with Gasteiger partial charge in [-0.25, -0.2) is 8.42 Å². The lowest BCUT2D eigenvalue weighted by atomic mass is 10.1. The number of nitrogens with one attached hydrogen (secondary N) is 1. The lowest BCUT2D eigenvalue weighted by Crippen LogP contribution is -2.17. The monoisotopic (exact) mass is 372 g/mol. The second-order valence-corrected chi connectivity index (χ2v) is 7.49. The number of sulfone groups is 1. The van der Waals surface area contributed by atoms with Crippen molar-refractivity contribution in [1.82, 2.24) is 5.32 Å². The quantitative estimate of drug-likeness (QED) is 0.484. The molecular formula is C16H24N2O6S.